The van der Waals surface area contributed by atoms with Crippen LogP contribution in [0.25, 0.3) is 0 Å². The van der Waals surface area contributed by atoms with Gasteiger partial charge in [0.2, 0.25) is 0 Å². The van der Waals surface area contributed by atoms with Gasteiger partial charge in [-0.3, -0.25) is 0 Å². The molecule has 2 amide bonds. The molecule has 0 unspecified atom stereocenters. The lowest BCUT2D eigenvalue weighted by atomic mass is 10.2. The van der Waals surface area contributed by atoms with Gasteiger partial charge in [0.05, 0.1) is 19.6 Å². The van der Waals surface area contributed by atoms with Gasteiger partial charge < -0.3 is 14.6 Å². The lowest BCUT2D eigenvalue weighted by molar-refractivity contribution is 0.0896. The highest BCUT2D eigenvalue weighted by atomic mass is 19.1. The van der Waals surface area contributed by atoms with E-state index in [1.165, 1.54) is 11.3 Å². The molecule has 15 heavy (non-hydrogen) atoms. The Morgan fingerprint density at radius 1 is 1.80 bits per heavy atom. The number of aryl methyl sites for hydroxylation is 1. The quantitative estimate of drug-likeness (QED) is 0.792. The molecule has 82 valence electrons. The van der Waals surface area contributed by atoms with Gasteiger partial charge in [0.25, 0.3) is 0 Å². The van der Waals surface area contributed by atoms with Gasteiger partial charge in [0.1, 0.15) is 17.6 Å². The number of urea groups is 1. The smallest absolute Gasteiger partial charge is 0.317 e. The maximum Gasteiger partial charge on any atom is 0.317 e. The van der Waals surface area contributed by atoms with Crippen molar-refractivity contribution in [2.75, 3.05) is 13.1 Å². The summed E-state index contributed by atoms with van der Waals surface area (Å²) in [4.78, 5) is 16.7. The van der Waals surface area contributed by atoms with Crippen LogP contribution >= 0.6 is 0 Å². The summed E-state index contributed by atoms with van der Waals surface area (Å²) in [7, 11) is 0. The second-order valence-electron chi connectivity index (χ2n) is 3.52. The Kier molecular flexibility index (Phi) is 2.57. The summed E-state index contributed by atoms with van der Waals surface area (Å²) in [6, 6.07) is -0.258. The normalized spacial score (nSPS) is 16.3. The summed E-state index contributed by atoms with van der Waals surface area (Å²) < 4.78 is 17.4. The van der Waals surface area contributed by atoms with Crippen molar-refractivity contribution in [1.29, 1.82) is 0 Å². The highest BCUT2D eigenvalue weighted by Gasteiger charge is 2.30. The molecule has 0 saturated carbocycles. The number of carbonyl (C=O) groups is 1. The van der Waals surface area contributed by atoms with E-state index in [2.05, 4.69) is 10.3 Å². The lowest BCUT2D eigenvalue weighted by Gasteiger charge is -2.34. The number of aromatic nitrogens is 1. The van der Waals surface area contributed by atoms with E-state index in [1.807, 2.05) is 0 Å². The van der Waals surface area contributed by atoms with Gasteiger partial charge in [0, 0.05) is 0 Å². The minimum absolute atomic E-state index is 0.184. The third-order valence-electron chi connectivity index (χ3n) is 2.38. The Bertz CT molecular complexity index is 360. The van der Waals surface area contributed by atoms with Crippen molar-refractivity contribution in [3.05, 3.63) is 17.8 Å². The van der Waals surface area contributed by atoms with Crippen LogP contribution in [0.5, 0.6) is 0 Å². The number of hydrogen-bond acceptors (Lipinski definition) is 3. The van der Waals surface area contributed by atoms with E-state index in [4.69, 9.17) is 4.42 Å². The monoisotopic (exact) mass is 213 g/mol. The van der Waals surface area contributed by atoms with Crippen molar-refractivity contribution in [3.63, 3.8) is 0 Å². The van der Waals surface area contributed by atoms with Crippen LogP contribution in [0.4, 0.5) is 9.18 Å². The van der Waals surface area contributed by atoms with E-state index in [0.717, 1.165) is 0 Å². The number of halogens is 1. The van der Waals surface area contributed by atoms with Crippen molar-refractivity contribution in [3.8, 4) is 0 Å². The molecule has 1 saturated heterocycles. The van der Waals surface area contributed by atoms with Gasteiger partial charge >= 0.3 is 6.03 Å². The second kappa shape index (κ2) is 3.88. The molecule has 0 aliphatic carbocycles. The van der Waals surface area contributed by atoms with E-state index in [9.17, 15) is 9.18 Å². The molecule has 1 N–H and O–H groups in total. The highest BCUT2D eigenvalue weighted by Crippen LogP contribution is 2.11. The first kappa shape index (κ1) is 9.95. The Labute approximate surface area is 86.3 Å². The van der Waals surface area contributed by atoms with Crippen molar-refractivity contribution < 1.29 is 13.6 Å². The number of alkyl halides is 1. The maximum atomic E-state index is 12.5. The van der Waals surface area contributed by atoms with Crippen LogP contribution in [0, 0.1) is 6.92 Å². The molecule has 0 bridgehead atoms. The average molecular weight is 213 g/mol. The van der Waals surface area contributed by atoms with E-state index in [1.54, 1.807) is 6.92 Å². The standard InChI is InChI=1S/C9H12FN3O2/c1-6-8(12-5-15-6)2-11-9(14)13-3-7(10)4-13/h5,7H,2-4H2,1H3,(H,11,14). The first-order valence-electron chi connectivity index (χ1n) is 4.72. The van der Waals surface area contributed by atoms with Crippen LogP contribution in [0.15, 0.2) is 10.8 Å². The molecule has 0 spiro atoms. The average Bonchev–Trinajstić information content (AvgIpc) is 2.55. The summed E-state index contributed by atoms with van der Waals surface area (Å²) in [5, 5.41) is 2.65. The molecule has 0 aromatic carbocycles. The van der Waals surface area contributed by atoms with Gasteiger partial charge in [-0.2, -0.15) is 0 Å². The molecule has 2 rings (SSSR count). The minimum Gasteiger partial charge on any atom is -0.448 e. The predicted molar refractivity (Wildman–Crippen MR) is 49.9 cm³/mol. The molecule has 0 atom stereocenters. The number of oxazole rings is 1. The van der Waals surface area contributed by atoms with Gasteiger partial charge in [0.15, 0.2) is 6.39 Å². The summed E-state index contributed by atoms with van der Waals surface area (Å²) in [5.41, 5.74) is 0.695. The highest BCUT2D eigenvalue weighted by molar-refractivity contribution is 5.75. The van der Waals surface area contributed by atoms with Gasteiger partial charge in [-0.15, -0.1) is 0 Å². The van der Waals surface area contributed by atoms with E-state index in [-0.39, 0.29) is 19.1 Å². The maximum absolute atomic E-state index is 12.5. The number of nitrogens with one attached hydrogen (secondary N) is 1. The van der Waals surface area contributed by atoms with Crippen LogP contribution in [0.2, 0.25) is 0 Å². The molecule has 1 aromatic heterocycles. The molecular weight excluding hydrogens is 201 g/mol. The molecule has 1 aliphatic rings. The number of carbonyl (C=O) groups excluding carboxylic acids is 1. The SMILES string of the molecule is Cc1ocnc1CNC(=O)N1CC(F)C1. The fourth-order valence-corrected chi connectivity index (χ4v) is 1.36. The van der Waals surface area contributed by atoms with Crippen molar-refractivity contribution >= 4 is 6.03 Å². The van der Waals surface area contributed by atoms with Gasteiger partial charge in [-0.25, -0.2) is 14.2 Å². The topological polar surface area (TPSA) is 58.4 Å². The molecular formula is C9H12FN3O2. The molecule has 5 nitrogen and oxygen atoms in total. The van der Waals surface area contributed by atoms with Crippen LogP contribution in [-0.4, -0.2) is 35.2 Å². The number of amides is 2. The zero-order valence-corrected chi connectivity index (χ0v) is 8.36. The minimum atomic E-state index is -0.871. The zero-order chi connectivity index (χ0) is 10.8. The molecule has 1 aromatic rings. The Morgan fingerprint density at radius 2 is 2.53 bits per heavy atom. The van der Waals surface area contributed by atoms with Crippen LogP contribution in [0.1, 0.15) is 11.5 Å². The third kappa shape index (κ3) is 2.08. The van der Waals surface area contributed by atoms with Crippen molar-refractivity contribution in [2.24, 2.45) is 0 Å². The van der Waals surface area contributed by atoms with E-state index < -0.39 is 6.17 Å². The lowest BCUT2D eigenvalue weighted by Crippen LogP contribution is -2.54. The summed E-state index contributed by atoms with van der Waals surface area (Å²) in [6.45, 7) is 2.46. The Hall–Kier alpha value is -1.59. The van der Waals surface area contributed by atoms with Gasteiger partial charge in [-0.05, 0) is 6.92 Å². The predicted octanol–water partition coefficient (Wildman–Crippen LogP) is 0.846. The fourth-order valence-electron chi connectivity index (χ4n) is 1.36. The van der Waals surface area contributed by atoms with Crippen molar-refractivity contribution in [2.45, 2.75) is 19.6 Å². The largest absolute Gasteiger partial charge is 0.448 e. The Balaban J connectivity index is 1.79. The van der Waals surface area contributed by atoms with E-state index in [0.29, 0.717) is 18.0 Å². The molecule has 6 heteroatoms. The van der Waals surface area contributed by atoms with Crippen LogP contribution < -0.4 is 5.32 Å². The van der Waals surface area contributed by atoms with Crippen LogP contribution in [-0.2, 0) is 6.54 Å². The molecule has 2 heterocycles. The number of nitrogens with zero attached hydrogens (tertiary/aromatic N) is 2. The number of likely N-dealkylation sites (tertiary alicyclic amines) is 1. The summed E-state index contributed by atoms with van der Waals surface area (Å²) in [5.74, 6) is 0.683. The third-order valence-corrected chi connectivity index (χ3v) is 2.38. The fraction of sp³-hybridized carbons (Fsp3) is 0.556. The first-order valence-corrected chi connectivity index (χ1v) is 4.72. The molecule has 0 radical (unpaired) electrons. The Morgan fingerprint density at radius 3 is 3.07 bits per heavy atom. The molecule has 1 fully saturated rings. The van der Waals surface area contributed by atoms with E-state index >= 15 is 0 Å². The second-order valence-corrected chi connectivity index (χ2v) is 3.52. The first-order chi connectivity index (χ1) is 7.16. The van der Waals surface area contributed by atoms with Gasteiger partial charge in [-0.1, -0.05) is 0 Å². The number of rotatable bonds is 2. The summed E-state index contributed by atoms with van der Waals surface area (Å²) >= 11 is 0. The van der Waals surface area contributed by atoms with Crippen LogP contribution in [0.3, 0.4) is 0 Å². The molecule has 1 aliphatic heterocycles. The van der Waals surface area contributed by atoms with Crippen molar-refractivity contribution in [1.82, 2.24) is 15.2 Å². The summed E-state index contributed by atoms with van der Waals surface area (Å²) in [6.07, 6.45) is 0.461. The zero-order valence-electron chi connectivity index (χ0n) is 8.36. The number of hydrogen-bond donors (Lipinski definition) is 1.